The Morgan fingerprint density at radius 3 is 2.82 bits per heavy atom. The summed E-state index contributed by atoms with van der Waals surface area (Å²) >= 11 is 1.71. The Hall–Kier alpha value is -1.49. The summed E-state index contributed by atoms with van der Waals surface area (Å²) in [6, 6.07) is 5.38. The van der Waals surface area contributed by atoms with E-state index >= 15 is 0 Å². The molecule has 1 aliphatic rings. The molecule has 1 atom stereocenters. The van der Waals surface area contributed by atoms with Crippen molar-refractivity contribution in [3.8, 4) is 0 Å². The third-order valence-corrected chi connectivity index (χ3v) is 5.13. The summed E-state index contributed by atoms with van der Waals surface area (Å²) in [4.78, 5) is 25.8. The number of aryl methyl sites for hydroxylation is 1. The van der Waals surface area contributed by atoms with E-state index in [4.69, 9.17) is 4.74 Å². The number of hydrogen-bond acceptors (Lipinski definition) is 4. The first-order valence-electron chi connectivity index (χ1n) is 7.71. The van der Waals surface area contributed by atoms with E-state index < -0.39 is 0 Å². The van der Waals surface area contributed by atoms with Gasteiger partial charge in [-0.05, 0) is 37.1 Å². The predicted molar refractivity (Wildman–Crippen MR) is 90.4 cm³/mol. The number of rotatable bonds is 6. The highest BCUT2D eigenvalue weighted by molar-refractivity contribution is 8.01. The highest BCUT2D eigenvalue weighted by atomic mass is 32.2. The topological polar surface area (TPSA) is 46.6 Å². The molecule has 0 aliphatic carbocycles. The van der Waals surface area contributed by atoms with Crippen LogP contribution in [0.1, 0.15) is 48.5 Å². The first-order chi connectivity index (χ1) is 10.6. The molecule has 1 saturated heterocycles. The molecule has 1 unspecified atom stereocenters. The second-order valence-electron chi connectivity index (χ2n) is 5.52. The maximum absolute atomic E-state index is 12.3. The predicted octanol–water partition coefficient (Wildman–Crippen LogP) is 3.77. The molecule has 22 heavy (non-hydrogen) atoms. The number of ether oxygens (including phenoxy) is 1. The second kappa shape index (κ2) is 7.68. The fourth-order valence-corrected chi connectivity index (χ4v) is 3.90. The Morgan fingerprint density at radius 1 is 1.41 bits per heavy atom. The molecule has 1 fully saturated rings. The van der Waals surface area contributed by atoms with Gasteiger partial charge in [0.15, 0.2) is 0 Å². The molecule has 2 rings (SSSR count). The zero-order chi connectivity index (χ0) is 16.1. The number of nitrogens with zero attached hydrogens (tertiary/aromatic N) is 1. The number of hydrogen-bond donors (Lipinski definition) is 0. The fraction of sp³-hybridized carbons (Fsp3) is 0.529. The van der Waals surface area contributed by atoms with Gasteiger partial charge in [-0.25, -0.2) is 4.79 Å². The van der Waals surface area contributed by atoms with Crippen molar-refractivity contribution in [3.05, 3.63) is 29.3 Å². The van der Waals surface area contributed by atoms with Gasteiger partial charge in [-0.1, -0.05) is 26.2 Å². The van der Waals surface area contributed by atoms with Gasteiger partial charge in [0.2, 0.25) is 5.91 Å². The van der Waals surface area contributed by atoms with Gasteiger partial charge in [0.1, 0.15) is 0 Å². The van der Waals surface area contributed by atoms with Crippen LogP contribution in [-0.4, -0.2) is 30.1 Å². The minimum absolute atomic E-state index is 0.153. The first-order valence-corrected chi connectivity index (χ1v) is 8.76. The lowest BCUT2D eigenvalue weighted by atomic mass is 10.1. The summed E-state index contributed by atoms with van der Waals surface area (Å²) in [5.74, 6) is 0.339. The summed E-state index contributed by atoms with van der Waals surface area (Å²) in [7, 11) is 1.37. The zero-order valence-corrected chi connectivity index (χ0v) is 14.2. The van der Waals surface area contributed by atoms with E-state index in [1.165, 1.54) is 20.0 Å². The van der Waals surface area contributed by atoms with Gasteiger partial charge in [0, 0.05) is 5.69 Å². The lowest BCUT2D eigenvalue weighted by molar-refractivity contribution is -0.115. The van der Waals surface area contributed by atoms with Crippen molar-refractivity contribution in [2.75, 3.05) is 17.8 Å². The molecule has 4 nitrogen and oxygen atoms in total. The van der Waals surface area contributed by atoms with E-state index in [0.717, 1.165) is 24.1 Å². The van der Waals surface area contributed by atoms with Gasteiger partial charge >= 0.3 is 5.97 Å². The first kappa shape index (κ1) is 16.9. The van der Waals surface area contributed by atoms with Crippen molar-refractivity contribution in [1.82, 2.24) is 0 Å². The number of amides is 1. The number of benzene rings is 1. The van der Waals surface area contributed by atoms with Crippen molar-refractivity contribution in [2.45, 2.75) is 44.9 Å². The van der Waals surface area contributed by atoms with Crippen LogP contribution in [0.15, 0.2) is 18.2 Å². The highest BCUT2D eigenvalue weighted by Crippen LogP contribution is 2.35. The molecule has 1 aromatic carbocycles. The zero-order valence-electron chi connectivity index (χ0n) is 13.4. The maximum atomic E-state index is 12.3. The average Bonchev–Trinajstić information content (AvgIpc) is 2.87. The summed E-state index contributed by atoms with van der Waals surface area (Å²) in [6.07, 6.45) is 4.53. The monoisotopic (exact) mass is 321 g/mol. The van der Waals surface area contributed by atoms with Gasteiger partial charge in [-0.2, -0.15) is 0 Å². The number of unbranched alkanes of at least 4 members (excludes halogenated alkanes) is 2. The number of methoxy groups -OCH3 is 1. The molecule has 120 valence electrons. The molecule has 1 amide bonds. The van der Waals surface area contributed by atoms with E-state index in [0.29, 0.717) is 11.3 Å². The Bertz CT molecular complexity index is 559. The van der Waals surface area contributed by atoms with Crippen molar-refractivity contribution < 1.29 is 14.3 Å². The number of esters is 1. The van der Waals surface area contributed by atoms with Crippen LogP contribution >= 0.6 is 11.8 Å². The SMILES string of the molecule is CCCCCC1SCC(=O)N1c1ccc(C(=O)OC)cc1C. The molecule has 1 aromatic rings. The molecule has 1 heterocycles. The molecule has 0 saturated carbocycles. The molecule has 0 spiro atoms. The Balaban J connectivity index is 2.20. The van der Waals surface area contributed by atoms with Crippen LogP contribution in [0, 0.1) is 6.92 Å². The van der Waals surface area contributed by atoms with Crippen LogP contribution in [0.3, 0.4) is 0 Å². The van der Waals surface area contributed by atoms with Gasteiger partial charge in [0.25, 0.3) is 0 Å². The lowest BCUT2D eigenvalue weighted by Gasteiger charge is -2.26. The third kappa shape index (κ3) is 3.64. The maximum Gasteiger partial charge on any atom is 0.337 e. The van der Waals surface area contributed by atoms with Crippen LogP contribution in [0.4, 0.5) is 5.69 Å². The van der Waals surface area contributed by atoms with Crippen molar-refractivity contribution in [3.63, 3.8) is 0 Å². The molecule has 1 aliphatic heterocycles. The Morgan fingerprint density at radius 2 is 2.18 bits per heavy atom. The van der Waals surface area contributed by atoms with E-state index in [-0.39, 0.29) is 17.3 Å². The molecule has 0 bridgehead atoms. The minimum atomic E-state index is -0.351. The van der Waals surface area contributed by atoms with Crippen LogP contribution in [-0.2, 0) is 9.53 Å². The normalized spacial score (nSPS) is 17.9. The van der Waals surface area contributed by atoms with Gasteiger partial charge in [-0.15, -0.1) is 11.8 Å². The van der Waals surface area contributed by atoms with Gasteiger partial charge in [0.05, 0.1) is 23.8 Å². The quantitative estimate of drug-likeness (QED) is 0.591. The smallest absolute Gasteiger partial charge is 0.337 e. The molecule has 5 heteroatoms. The standard InChI is InChI=1S/C17H23NO3S/c1-4-5-6-7-16-18(15(19)11-22-16)14-9-8-13(10-12(14)2)17(20)21-3/h8-10,16H,4-7,11H2,1-3H3. The second-order valence-corrected chi connectivity index (χ2v) is 6.68. The summed E-state index contributed by atoms with van der Waals surface area (Å²) in [6.45, 7) is 4.11. The summed E-state index contributed by atoms with van der Waals surface area (Å²) in [5.41, 5.74) is 2.36. The van der Waals surface area contributed by atoms with E-state index in [1.54, 1.807) is 23.9 Å². The average molecular weight is 321 g/mol. The van der Waals surface area contributed by atoms with Gasteiger partial charge < -0.3 is 4.74 Å². The Kier molecular flexibility index (Phi) is 5.89. The number of carbonyl (C=O) groups is 2. The lowest BCUT2D eigenvalue weighted by Crippen LogP contribution is -2.33. The van der Waals surface area contributed by atoms with Crippen LogP contribution in [0.5, 0.6) is 0 Å². The molecule has 0 aromatic heterocycles. The molecule has 0 radical (unpaired) electrons. The van der Waals surface area contributed by atoms with Crippen LogP contribution in [0.2, 0.25) is 0 Å². The third-order valence-electron chi connectivity index (χ3n) is 3.89. The van der Waals surface area contributed by atoms with Crippen molar-refractivity contribution >= 4 is 29.3 Å². The Labute approximate surface area is 136 Å². The number of carbonyl (C=O) groups excluding carboxylic acids is 2. The molecular weight excluding hydrogens is 298 g/mol. The van der Waals surface area contributed by atoms with Crippen molar-refractivity contribution in [1.29, 1.82) is 0 Å². The fourth-order valence-electron chi connectivity index (χ4n) is 2.71. The summed E-state index contributed by atoms with van der Waals surface area (Å²) < 4.78 is 4.74. The molecule has 0 N–H and O–H groups in total. The molecular formula is C17H23NO3S. The van der Waals surface area contributed by atoms with Crippen LogP contribution in [0.25, 0.3) is 0 Å². The van der Waals surface area contributed by atoms with E-state index in [1.807, 2.05) is 17.9 Å². The van der Waals surface area contributed by atoms with E-state index in [2.05, 4.69) is 6.92 Å². The van der Waals surface area contributed by atoms with Gasteiger partial charge in [-0.3, -0.25) is 9.69 Å². The minimum Gasteiger partial charge on any atom is -0.465 e. The van der Waals surface area contributed by atoms with Crippen LogP contribution < -0.4 is 4.90 Å². The van der Waals surface area contributed by atoms with Crippen molar-refractivity contribution in [2.24, 2.45) is 0 Å². The summed E-state index contributed by atoms with van der Waals surface area (Å²) in [5, 5.41) is 0.210. The number of anilines is 1. The largest absolute Gasteiger partial charge is 0.465 e. The van der Waals surface area contributed by atoms with E-state index in [9.17, 15) is 9.59 Å². The number of thioether (sulfide) groups is 1. The highest BCUT2D eigenvalue weighted by Gasteiger charge is 2.33.